The third-order valence-electron chi connectivity index (χ3n) is 5.54. The largest absolute Gasteiger partial charge is 0.466 e. The molecule has 0 saturated heterocycles. The molecule has 2 N–H and O–H groups in total. The minimum absolute atomic E-state index is 0.0425. The second-order valence-electron chi connectivity index (χ2n) is 8.50. The van der Waals surface area contributed by atoms with Crippen LogP contribution in [0, 0.1) is 0 Å². The van der Waals surface area contributed by atoms with Crippen molar-refractivity contribution < 1.29 is 19.1 Å². The van der Waals surface area contributed by atoms with Crippen LogP contribution in [0.4, 0.5) is 5.69 Å². The lowest BCUT2D eigenvalue weighted by Crippen LogP contribution is -2.35. The van der Waals surface area contributed by atoms with Crippen molar-refractivity contribution in [2.24, 2.45) is 0 Å². The van der Waals surface area contributed by atoms with Crippen LogP contribution in [-0.2, 0) is 27.3 Å². The van der Waals surface area contributed by atoms with Crippen molar-refractivity contribution in [1.29, 1.82) is 0 Å². The monoisotopic (exact) mass is 517 g/mol. The van der Waals surface area contributed by atoms with Crippen LogP contribution in [0.1, 0.15) is 40.7 Å². The lowest BCUT2D eigenvalue weighted by molar-refractivity contribution is -0.145. The molecule has 3 aromatic carbocycles. The van der Waals surface area contributed by atoms with Crippen molar-refractivity contribution in [1.82, 2.24) is 10.2 Å². The van der Waals surface area contributed by atoms with Gasteiger partial charge in [0.05, 0.1) is 24.3 Å². The first kappa shape index (κ1) is 27.5. The van der Waals surface area contributed by atoms with Crippen LogP contribution in [0.3, 0.4) is 0 Å². The van der Waals surface area contributed by atoms with Gasteiger partial charge in [0, 0.05) is 20.0 Å². The Hall–Kier alpha value is -4.04. The van der Waals surface area contributed by atoms with E-state index < -0.39 is 11.9 Å². The molecule has 0 aliphatic carbocycles. The van der Waals surface area contributed by atoms with Gasteiger partial charge in [0.1, 0.15) is 0 Å². The number of amides is 2. The Kier molecular flexibility index (Phi) is 10.8. The minimum Gasteiger partial charge on any atom is -0.466 e. The van der Waals surface area contributed by atoms with E-state index in [2.05, 4.69) is 10.6 Å². The fourth-order valence-corrected chi connectivity index (χ4v) is 3.87. The van der Waals surface area contributed by atoms with Gasteiger partial charge in [0.15, 0.2) is 5.11 Å². The fourth-order valence-electron chi connectivity index (χ4n) is 3.65. The summed E-state index contributed by atoms with van der Waals surface area (Å²) < 4.78 is 5.21. The number of rotatable bonds is 11. The number of aryl methyl sites for hydroxylation is 1. The van der Waals surface area contributed by atoms with E-state index in [1.54, 1.807) is 36.2 Å². The molecule has 0 unspecified atom stereocenters. The van der Waals surface area contributed by atoms with E-state index >= 15 is 0 Å². The molecule has 2 amide bonds. The van der Waals surface area contributed by atoms with Crippen molar-refractivity contribution in [3.63, 3.8) is 0 Å². The van der Waals surface area contributed by atoms with E-state index in [0.29, 0.717) is 30.8 Å². The lowest BCUT2D eigenvalue weighted by atomic mass is 10.1. The molecule has 0 spiro atoms. The van der Waals surface area contributed by atoms with E-state index in [9.17, 15) is 14.4 Å². The summed E-state index contributed by atoms with van der Waals surface area (Å²) in [4.78, 5) is 38.9. The number of hydrogen-bond donors (Lipinski definition) is 2. The maximum absolute atomic E-state index is 13.0. The number of benzene rings is 3. The Labute approximate surface area is 222 Å². The Bertz CT molecular complexity index is 1200. The van der Waals surface area contributed by atoms with Crippen molar-refractivity contribution in [2.45, 2.75) is 32.2 Å². The number of nitrogens with zero attached hydrogens (tertiary/aromatic N) is 1. The van der Waals surface area contributed by atoms with E-state index in [0.717, 1.165) is 12.0 Å². The van der Waals surface area contributed by atoms with Gasteiger partial charge in [-0.15, -0.1) is 0 Å². The second kappa shape index (κ2) is 14.5. The molecule has 0 saturated carbocycles. The number of carbonyl (C=O) groups is 3. The number of ether oxygens (including phenoxy) is 1. The van der Waals surface area contributed by atoms with Gasteiger partial charge in [0.25, 0.3) is 5.91 Å². The number of hydrogen-bond acceptors (Lipinski definition) is 5. The quantitative estimate of drug-likeness (QED) is 0.217. The zero-order valence-electron chi connectivity index (χ0n) is 20.8. The first-order valence-corrected chi connectivity index (χ1v) is 12.5. The molecular weight excluding hydrogens is 486 g/mol. The summed E-state index contributed by atoms with van der Waals surface area (Å²) >= 11 is 5.26. The van der Waals surface area contributed by atoms with Gasteiger partial charge in [0.2, 0.25) is 5.91 Å². The maximum atomic E-state index is 13.0. The number of para-hydroxylation sites is 1. The summed E-state index contributed by atoms with van der Waals surface area (Å²) in [7, 11) is 1.73. The average Bonchev–Trinajstić information content (AvgIpc) is 2.91. The summed E-state index contributed by atoms with van der Waals surface area (Å²) in [5.41, 5.74) is 3.11. The highest BCUT2D eigenvalue weighted by Crippen LogP contribution is 2.18. The number of thiocarbonyl (C=S) groups is 1. The predicted molar refractivity (Wildman–Crippen MR) is 148 cm³/mol. The zero-order valence-corrected chi connectivity index (χ0v) is 21.6. The highest BCUT2D eigenvalue weighted by molar-refractivity contribution is 7.80. The first-order chi connectivity index (χ1) is 17.9. The summed E-state index contributed by atoms with van der Waals surface area (Å²) in [6.07, 6.45) is 1.44. The molecule has 8 heteroatoms. The molecule has 0 heterocycles. The first-order valence-electron chi connectivity index (χ1n) is 12.1. The van der Waals surface area contributed by atoms with Crippen molar-refractivity contribution in [2.75, 3.05) is 19.0 Å². The summed E-state index contributed by atoms with van der Waals surface area (Å²) in [5.74, 6) is -1.03. The number of nitrogens with one attached hydrogen (secondary N) is 2. The van der Waals surface area contributed by atoms with E-state index in [1.807, 2.05) is 60.7 Å². The van der Waals surface area contributed by atoms with Crippen LogP contribution in [0.2, 0.25) is 0 Å². The minimum atomic E-state index is -0.431. The molecule has 0 aliphatic rings. The molecule has 192 valence electrons. The van der Waals surface area contributed by atoms with Crippen molar-refractivity contribution >= 4 is 40.8 Å². The van der Waals surface area contributed by atoms with Gasteiger partial charge < -0.3 is 20.3 Å². The molecule has 7 nitrogen and oxygen atoms in total. The van der Waals surface area contributed by atoms with Crippen LogP contribution in [0.5, 0.6) is 0 Å². The number of carbonyl (C=O) groups excluding carboxylic acids is 3. The topological polar surface area (TPSA) is 87.7 Å². The Balaban J connectivity index is 1.41. The molecular formula is C29H31N3O4S. The zero-order chi connectivity index (χ0) is 26.5. The molecule has 0 aliphatic heterocycles. The third kappa shape index (κ3) is 9.50. The standard InChI is InChI=1S/C29H31N3O4S/c1-32(21-23-13-6-3-7-14-23)28(35)24-16-8-9-17-25(24)30-29(37)31-26(33)18-19-27(34)36-20-10-15-22-11-4-2-5-12-22/h2-9,11-14,16-17H,10,15,18-21H2,1H3,(H2,30,31,33,37). The fraction of sp³-hybridized carbons (Fsp3) is 0.241. The highest BCUT2D eigenvalue weighted by atomic mass is 32.1. The van der Waals surface area contributed by atoms with Gasteiger partial charge in [-0.2, -0.15) is 0 Å². The van der Waals surface area contributed by atoms with E-state index in [1.165, 1.54) is 5.56 Å². The van der Waals surface area contributed by atoms with Gasteiger partial charge >= 0.3 is 5.97 Å². The average molecular weight is 518 g/mol. The summed E-state index contributed by atoms with van der Waals surface area (Å²) in [6, 6.07) is 26.6. The second-order valence-corrected chi connectivity index (χ2v) is 8.91. The smallest absolute Gasteiger partial charge is 0.306 e. The van der Waals surface area contributed by atoms with E-state index in [4.69, 9.17) is 17.0 Å². The SMILES string of the molecule is CN(Cc1ccccc1)C(=O)c1ccccc1NC(=S)NC(=O)CCC(=O)OCCCc1ccccc1. The van der Waals surface area contributed by atoms with E-state index in [-0.39, 0.29) is 23.9 Å². The van der Waals surface area contributed by atoms with Gasteiger partial charge in [-0.1, -0.05) is 72.8 Å². The lowest BCUT2D eigenvalue weighted by Gasteiger charge is -2.20. The molecule has 0 atom stereocenters. The van der Waals surface area contributed by atoms with Crippen molar-refractivity contribution in [3.8, 4) is 0 Å². The highest BCUT2D eigenvalue weighted by Gasteiger charge is 2.17. The molecule has 3 aromatic rings. The van der Waals surface area contributed by atoms with Crippen LogP contribution in [-0.4, -0.2) is 41.5 Å². The Morgan fingerprint density at radius 2 is 1.46 bits per heavy atom. The normalized spacial score (nSPS) is 10.3. The molecule has 0 bridgehead atoms. The van der Waals surface area contributed by atoms with Crippen molar-refractivity contribution in [3.05, 3.63) is 102 Å². The predicted octanol–water partition coefficient (Wildman–Crippen LogP) is 4.73. The Morgan fingerprint density at radius 1 is 0.838 bits per heavy atom. The summed E-state index contributed by atoms with van der Waals surface area (Å²) in [6.45, 7) is 0.760. The van der Waals surface area contributed by atoms with Gasteiger partial charge in [-0.3, -0.25) is 14.4 Å². The Morgan fingerprint density at radius 3 is 2.16 bits per heavy atom. The van der Waals surface area contributed by atoms with Crippen LogP contribution < -0.4 is 10.6 Å². The molecule has 0 aromatic heterocycles. The van der Waals surface area contributed by atoms with Gasteiger partial charge in [-0.05, 0) is 48.3 Å². The van der Waals surface area contributed by atoms with Crippen LogP contribution in [0.25, 0.3) is 0 Å². The van der Waals surface area contributed by atoms with Crippen LogP contribution >= 0.6 is 12.2 Å². The molecule has 3 rings (SSSR count). The molecule has 37 heavy (non-hydrogen) atoms. The number of esters is 1. The third-order valence-corrected chi connectivity index (χ3v) is 5.74. The van der Waals surface area contributed by atoms with Crippen LogP contribution in [0.15, 0.2) is 84.9 Å². The van der Waals surface area contributed by atoms with Gasteiger partial charge in [-0.25, -0.2) is 0 Å². The summed E-state index contributed by atoms with van der Waals surface area (Å²) in [5, 5.41) is 5.53. The molecule has 0 fully saturated rings. The number of anilines is 1. The maximum Gasteiger partial charge on any atom is 0.306 e. The molecule has 0 radical (unpaired) electrons.